The smallest absolute Gasteiger partial charge is 0.285 e. The highest BCUT2D eigenvalue weighted by Gasteiger charge is 2.32. The van der Waals surface area contributed by atoms with Crippen molar-refractivity contribution in [1.82, 2.24) is 10.4 Å². The summed E-state index contributed by atoms with van der Waals surface area (Å²) in [6, 6.07) is 3.59. The van der Waals surface area contributed by atoms with Crippen LogP contribution in [0.5, 0.6) is 0 Å². The number of hydrazine groups is 1. The van der Waals surface area contributed by atoms with Gasteiger partial charge in [-0.05, 0) is 42.9 Å². The molecule has 0 aliphatic carbocycles. The summed E-state index contributed by atoms with van der Waals surface area (Å²) in [4.78, 5) is 24.4. The Labute approximate surface area is 138 Å². The van der Waals surface area contributed by atoms with Crippen LogP contribution < -0.4 is 5.43 Å². The van der Waals surface area contributed by atoms with Crippen LogP contribution >= 0.6 is 24.0 Å². The summed E-state index contributed by atoms with van der Waals surface area (Å²) < 4.78 is 5.48. The number of nitrogens with one attached hydrogen (secondary N) is 1. The quantitative estimate of drug-likeness (QED) is 0.638. The third-order valence-electron chi connectivity index (χ3n) is 2.84. The van der Waals surface area contributed by atoms with E-state index in [0.29, 0.717) is 21.4 Å². The fraction of sp³-hybridized carbons (Fsp3) is 0.267. The van der Waals surface area contributed by atoms with E-state index in [9.17, 15) is 9.59 Å². The second kappa shape index (κ2) is 7.95. The number of hydrogen-bond acceptors (Lipinski definition) is 5. The standard InChI is InChI=1S/C15H16N2O3S2/c1-2-3-9-13(18)16-17-14(19)12(22-15(17)21)8-4-6-11-7-5-10-20-11/h4-8,10H,2-3,9H2,1H3,(H,16,18)/b6-4+,12-8+. The van der Waals surface area contributed by atoms with Gasteiger partial charge in [0.25, 0.3) is 5.91 Å². The molecule has 0 unspecified atom stereocenters. The maximum atomic E-state index is 12.2. The van der Waals surface area contributed by atoms with E-state index in [2.05, 4.69) is 5.43 Å². The summed E-state index contributed by atoms with van der Waals surface area (Å²) in [5.41, 5.74) is 2.55. The van der Waals surface area contributed by atoms with E-state index in [1.165, 1.54) is 0 Å². The van der Waals surface area contributed by atoms with Gasteiger partial charge in [-0.1, -0.05) is 31.2 Å². The number of carbonyl (C=O) groups excluding carboxylic acids is 2. The van der Waals surface area contributed by atoms with Crippen LogP contribution in [0.15, 0.2) is 39.9 Å². The van der Waals surface area contributed by atoms with Crippen molar-refractivity contribution in [2.24, 2.45) is 0 Å². The van der Waals surface area contributed by atoms with Crippen LogP contribution in [-0.4, -0.2) is 21.1 Å². The lowest BCUT2D eigenvalue weighted by Crippen LogP contribution is -2.44. The number of thioether (sulfide) groups is 1. The molecule has 7 heteroatoms. The fourth-order valence-electron chi connectivity index (χ4n) is 1.71. The summed E-state index contributed by atoms with van der Waals surface area (Å²) in [7, 11) is 0. The average Bonchev–Trinajstić information content (AvgIpc) is 3.09. The van der Waals surface area contributed by atoms with Gasteiger partial charge in [0.2, 0.25) is 5.91 Å². The molecule has 2 heterocycles. The molecule has 0 atom stereocenters. The number of hydrogen-bond donors (Lipinski definition) is 1. The topological polar surface area (TPSA) is 62.6 Å². The molecule has 0 bridgehead atoms. The van der Waals surface area contributed by atoms with Crippen LogP contribution in [0.2, 0.25) is 0 Å². The number of thiocarbonyl (C=S) groups is 1. The van der Waals surface area contributed by atoms with Crippen molar-refractivity contribution in [3.8, 4) is 0 Å². The van der Waals surface area contributed by atoms with Gasteiger partial charge >= 0.3 is 0 Å². The first-order chi connectivity index (χ1) is 10.6. The van der Waals surface area contributed by atoms with E-state index < -0.39 is 0 Å². The van der Waals surface area contributed by atoms with E-state index in [1.807, 2.05) is 13.0 Å². The zero-order valence-electron chi connectivity index (χ0n) is 12.1. The summed E-state index contributed by atoms with van der Waals surface area (Å²) >= 11 is 6.28. The van der Waals surface area contributed by atoms with Gasteiger partial charge in [-0.25, -0.2) is 0 Å². The maximum Gasteiger partial charge on any atom is 0.285 e. The Balaban J connectivity index is 1.97. The third kappa shape index (κ3) is 4.32. The molecule has 2 amide bonds. The van der Waals surface area contributed by atoms with Crippen LogP contribution in [0.25, 0.3) is 6.08 Å². The molecule has 5 nitrogen and oxygen atoms in total. The molecule has 22 heavy (non-hydrogen) atoms. The highest BCUT2D eigenvalue weighted by atomic mass is 32.2. The van der Waals surface area contributed by atoms with Crippen molar-refractivity contribution >= 4 is 46.2 Å². The first-order valence-corrected chi connectivity index (χ1v) is 8.12. The monoisotopic (exact) mass is 336 g/mol. The Morgan fingerprint density at radius 1 is 1.55 bits per heavy atom. The van der Waals surface area contributed by atoms with Gasteiger partial charge < -0.3 is 4.42 Å². The molecule has 0 saturated carbocycles. The van der Waals surface area contributed by atoms with Crippen LogP contribution in [0.3, 0.4) is 0 Å². The minimum Gasteiger partial charge on any atom is -0.465 e. The second-order valence-corrected chi connectivity index (χ2v) is 6.23. The Kier molecular flexibility index (Phi) is 5.97. The number of carbonyl (C=O) groups is 2. The molecule has 0 aromatic carbocycles. The first kappa shape index (κ1) is 16.5. The first-order valence-electron chi connectivity index (χ1n) is 6.89. The number of unbranched alkanes of at least 4 members (excludes halogenated alkanes) is 1. The predicted molar refractivity (Wildman–Crippen MR) is 90.5 cm³/mol. The highest BCUT2D eigenvalue weighted by molar-refractivity contribution is 8.26. The number of amides is 2. The molecule has 1 N–H and O–H groups in total. The van der Waals surface area contributed by atoms with E-state index in [0.717, 1.165) is 29.6 Å². The molecular formula is C15H16N2O3S2. The zero-order chi connectivity index (χ0) is 15.9. The molecule has 1 aromatic heterocycles. The Morgan fingerprint density at radius 3 is 3.05 bits per heavy atom. The van der Waals surface area contributed by atoms with Gasteiger partial charge in [0.15, 0.2) is 4.32 Å². The number of furan rings is 1. The van der Waals surface area contributed by atoms with Crippen molar-refractivity contribution in [3.63, 3.8) is 0 Å². The lowest BCUT2D eigenvalue weighted by molar-refractivity contribution is -0.133. The number of allylic oxidation sites excluding steroid dienone is 2. The maximum absolute atomic E-state index is 12.2. The molecule has 1 fully saturated rings. The van der Waals surface area contributed by atoms with E-state index in [-0.39, 0.29) is 11.8 Å². The number of nitrogens with zero attached hydrogens (tertiary/aromatic N) is 1. The molecule has 2 rings (SSSR count). The Morgan fingerprint density at radius 2 is 2.36 bits per heavy atom. The Bertz CT molecular complexity index is 621. The molecule has 0 spiro atoms. The summed E-state index contributed by atoms with van der Waals surface area (Å²) in [6.45, 7) is 2.00. The van der Waals surface area contributed by atoms with Crippen molar-refractivity contribution in [1.29, 1.82) is 0 Å². The van der Waals surface area contributed by atoms with Crippen LogP contribution in [0, 0.1) is 0 Å². The van der Waals surface area contributed by atoms with Crippen molar-refractivity contribution in [2.75, 3.05) is 0 Å². The summed E-state index contributed by atoms with van der Waals surface area (Å²) in [6.07, 6.45) is 8.76. The lowest BCUT2D eigenvalue weighted by atomic mass is 10.2. The minimum atomic E-state index is -0.316. The minimum absolute atomic E-state index is 0.203. The average molecular weight is 336 g/mol. The van der Waals surface area contributed by atoms with Crippen molar-refractivity contribution in [2.45, 2.75) is 26.2 Å². The molecule has 116 valence electrons. The van der Waals surface area contributed by atoms with Crippen LogP contribution in [0.1, 0.15) is 31.9 Å². The van der Waals surface area contributed by atoms with Gasteiger partial charge in [-0.2, -0.15) is 5.01 Å². The molecule has 1 saturated heterocycles. The third-order valence-corrected chi connectivity index (χ3v) is 4.16. The molecular weight excluding hydrogens is 320 g/mol. The second-order valence-electron chi connectivity index (χ2n) is 4.55. The van der Waals surface area contributed by atoms with E-state index in [4.69, 9.17) is 16.6 Å². The van der Waals surface area contributed by atoms with E-state index >= 15 is 0 Å². The van der Waals surface area contributed by atoms with Gasteiger partial charge in [-0.15, -0.1) is 0 Å². The number of rotatable bonds is 6. The summed E-state index contributed by atoms with van der Waals surface area (Å²) in [5, 5.41) is 1.13. The molecule has 1 aromatic rings. The van der Waals surface area contributed by atoms with Crippen molar-refractivity contribution < 1.29 is 14.0 Å². The van der Waals surface area contributed by atoms with Gasteiger partial charge in [0.05, 0.1) is 11.2 Å². The highest BCUT2D eigenvalue weighted by Crippen LogP contribution is 2.29. The normalized spacial score (nSPS) is 17.0. The Hall–Kier alpha value is -1.86. The molecule has 0 radical (unpaired) electrons. The van der Waals surface area contributed by atoms with Gasteiger partial charge in [0.1, 0.15) is 5.76 Å². The lowest BCUT2D eigenvalue weighted by Gasteiger charge is -2.15. The van der Waals surface area contributed by atoms with Gasteiger partial charge in [-0.3, -0.25) is 15.0 Å². The van der Waals surface area contributed by atoms with Crippen molar-refractivity contribution in [3.05, 3.63) is 41.2 Å². The predicted octanol–water partition coefficient (Wildman–Crippen LogP) is 3.26. The molecule has 1 aliphatic heterocycles. The van der Waals surface area contributed by atoms with Crippen LogP contribution in [0.4, 0.5) is 0 Å². The summed E-state index contributed by atoms with van der Waals surface area (Å²) in [5.74, 6) is 0.175. The van der Waals surface area contributed by atoms with E-state index in [1.54, 1.807) is 30.6 Å². The molecule has 1 aliphatic rings. The fourth-order valence-corrected chi connectivity index (χ4v) is 2.84. The largest absolute Gasteiger partial charge is 0.465 e. The van der Waals surface area contributed by atoms with Gasteiger partial charge in [0, 0.05) is 6.42 Å². The SMILES string of the molecule is CCCCC(=O)NN1C(=O)/C(=C\C=C\c2ccco2)SC1=S. The zero-order valence-corrected chi connectivity index (χ0v) is 13.7. The van der Waals surface area contributed by atoms with Crippen LogP contribution in [-0.2, 0) is 9.59 Å².